The number of rotatable bonds is 3. The summed E-state index contributed by atoms with van der Waals surface area (Å²) in [6.07, 6.45) is 3.40. The Bertz CT molecular complexity index is 565. The summed E-state index contributed by atoms with van der Waals surface area (Å²) in [6, 6.07) is 3.07. The van der Waals surface area contributed by atoms with Gasteiger partial charge in [-0.15, -0.1) is 0 Å². The minimum atomic E-state index is -0.210. The minimum Gasteiger partial charge on any atom is -0.348 e. The summed E-state index contributed by atoms with van der Waals surface area (Å²) in [5.41, 5.74) is 0.0933. The zero-order valence-corrected chi connectivity index (χ0v) is 13.3. The zero-order valence-electron chi connectivity index (χ0n) is 13.3. The van der Waals surface area contributed by atoms with Gasteiger partial charge in [0.1, 0.15) is 5.69 Å². The Balaban J connectivity index is 2.12. The molecule has 1 N–H and O–H groups in total. The number of carbonyl (C=O) groups is 1. The third-order valence-corrected chi connectivity index (χ3v) is 4.53. The minimum absolute atomic E-state index is 0.185. The number of carbonyl (C=O) groups excluding carboxylic acids is 1. The van der Waals surface area contributed by atoms with Gasteiger partial charge in [0.2, 0.25) is 0 Å². The van der Waals surface area contributed by atoms with Gasteiger partial charge < -0.3 is 5.32 Å². The molecular weight excluding hydrogens is 266 g/mol. The number of amides is 1. The third-order valence-electron chi connectivity index (χ3n) is 4.53. The Morgan fingerprint density at radius 1 is 1.38 bits per heavy atom. The van der Waals surface area contributed by atoms with E-state index in [0.717, 1.165) is 12.8 Å². The monoisotopic (exact) mass is 291 g/mol. The molecule has 1 aliphatic rings. The van der Waals surface area contributed by atoms with Crippen LogP contribution >= 0.6 is 0 Å². The average Bonchev–Trinajstić information content (AvgIpc) is 2.41. The quantitative estimate of drug-likeness (QED) is 0.926. The van der Waals surface area contributed by atoms with Crippen LogP contribution in [0, 0.1) is 17.8 Å². The lowest BCUT2D eigenvalue weighted by atomic mass is 9.74. The normalized spacial score (nSPS) is 25.9. The van der Waals surface area contributed by atoms with Crippen LogP contribution in [0.15, 0.2) is 16.9 Å². The fourth-order valence-corrected chi connectivity index (χ4v) is 3.23. The largest absolute Gasteiger partial charge is 0.348 e. The maximum Gasteiger partial charge on any atom is 0.271 e. The molecule has 0 spiro atoms. The van der Waals surface area contributed by atoms with Crippen molar-refractivity contribution in [2.45, 2.75) is 46.1 Å². The van der Waals surface area contributed by atoms with Crippen molar-refractivity contribution < 1.29 is 4.79 Å². The van der Waals surface area contributed by atoms with Gasteiger partial charge in [0.05, 0.1) is 0 Å². The van der Waals surface area contributed by atoms with E-state index in [-0.39, 0.29) is 17.5 Å². The van der Waals surface area contributed by atoms with Crippen molar-refractivity contribution in [2.75, 3.05) is 0 Å². The summed E-state index contributed by atoms with van der Waals surface area (Å²) < 4.78 is 1.19. The van der Waals surface area contributed by atoms with Gasteiger partial charge in [-0.3, -0.25) is 9.59 Å². The van der Waals surface area contributed by atoms with Gasteiger partial charge in [0.15, 0.2) is 0 Å². The van der Waals surface area contributed by atoms with Crippen LogP contribution in [-0.4, -0.2) is 21.7 Å². The van der Waals surface area contributed by atoms with E-state index in [1.807, 2.05) is 0 Å². The molecule has 1 heterocycles. The van der Waals surface area contributed by atoms with Gasteiger partial charge in [-0.2, -0.15) is 5.10 Å². The summed E-state index contributed by atoms with van der Waals surface area (Å²) in [7, 11) is 1.55. The molecule has 3 atom stereocenters. The van der Waals surface area contributed by atoms with E-state index in [1.54, 1.807) is 7.05 Å². The average molecular weight is 291 g/mol. The van der Waals surface area contributed by atoms with E-state index in [4.69, 9.17) is 0 Å². The third kappa shape index (κ3) is 3.71. The first kappa shape index (κ1) is 15.7. The second kappa shape index (κ2) is 6.41. The molecule has 1 aliphatic carbocycles. The molecule has 5 heteroatoms. The molecule has 0 radical (unpaired) electrons. The highest BCUT2D eigenvalue weighted by molar-refractivity contribution is 5.92. The molecule has 1 amide bonds. The van der Waals surface area contributed by atoms with Crippen LogP contribution in [0.1, 0.15) is 50.5 Å². The molecule has 1 saturated carbocycles. The first-order valence-electron chi connectivity index (χ1n) is 7.73. The predicted molar refractivity (Wildman–Crippen MR) is 82.1 cm³/mol. The first-order valence-corrected chi connectivity index (χ1v) is 7.73. The van der Waals surface area contributed by atoms with E-state index < -0.39 is 0 Å². The van der Waals surface area contributed by atoms with Crippen molar-refractivity contribution in [1.82, 2.24) is 15.1 Å². The summed E-state index contributed by atoms with van der Waals surface area (Å²) in [5, 5.41) is 7.15. The molecule has 0 aromatic carbocycles. The molecule has 116 valence electrons. The van der Waals surface area contributed by atoms with E-state index in [1.165, 1.54) is 23.2 Å². The van der Waals surface area contributed by atoms with Crippen LogP contribution < -0.4 is 10.9 Å². The molecule has 1 fully saturated rings. The highest BCUT2D eigenvalue weighted by atomic mass is 16.2. The predicted octanol–water partition coefficient (Wildman–Crippen LogP) is 1.97. The highest BCUT2D eigenvalue weighted by Crippen LogP contribution is 2.33. The highest BCUT2D eigenvalue weighted by Gasteiger charge is 2.32. The molecular formula is C16H25N3O2. The van der Waals surface area contributed by atoms with Crippen molar-refractivity contribution in [3.05, 3.63) is 28.2 Å². The second-order valence-electron chi connectivity index (χ2n) is 6.59. The van der Waals surface area contributed by atoms with Crippen LogP contribution in [0.3, 0.4) is 0 Å². The summed E-state index contributed by atoms with van der Waals surface area (Å²) in [5.74, 6) is 1.52. The second-order valence-corrected chi connectivity index (χ2v) is 6.59. The topological polar surface area (TPSA) is 64.0 Å². The van der Waals surface area contributed by atoms with Crippen LogP contribution in [0.4, 0.5) is 0 Å². The molecule has 21 heavy (non-hydrogen) atoms. The number of hydrogen-bond donors (Lipinski definition) is 1. The van der Waals surface area contributed by atoms with Gasteiger partial charge >= 0.3 is 0 Å². The van der Waals surface area contributed by atoms with Gasteiger partial charge in [-0.25, -0.2) is 4.68 Å². The number of aryl methyl sites for hydroxylation is 1. The molecule has 0 saturated heterocycles. The lowest BCUT2D eigenvalue weighted by molar-refractivity contribution is 0.0860. The van der Waals surface area contributed by atoms with E-state index in [9.17, 15) is 9.59 Å². The Labute approximate surface area is 125 Å². The Kier molecular flexibility index (Phi) is 4.80. The number of nitrogens with one attached hydrogen (secondary N) is 1. The summed E-state index contributed by atoms with van der Waals surface area (Å²) in [6.45, 7) is 6.66. The van der Waals surface area contributed by atoms with Crippen molar-refractivity contribution in [2.24, 2.45) is 24.8 Å². The summed E-state index contributed by atoms with van der Waals surface area (Å²) >= 11 is 0. The number of nitrogens with zero attached hydrogens (tertiary/aromatic N) is 2. The molecule has 5 nitrogen and oxygen atoms in total. The maximum absolute atomic E-state index is 12.4. The molecule has 2 rings (SSSR count). The Hall–Kier alpha value is -1.65. The van der Waals surface area contributed by atoms with Gasteiger partial charge in [0.25, 0.3) is 11.5 Å². The maximum atomic E-state index is 12.4. The van der Waals surface area contributed by atoms with Crippen molar-refractivity contribution in [1.29, 1.82) is 0 Å². The van der Waals surface area contributed by atoms with Crippen molar-refractivity contribution in [3.8, 4) is 0 Å². The first-order chi connectivity index (χ1) is 9.88. The lowest BCUT2D eigenvalue weighted by Gasteiger charge is -2.37. The number of hydrogen-bond acceptors (Lipinski definition) is 3. The molecule has 1 aromatic rings. The smallest absolute Gasteiger partial charge is 0.271 e. The fraction of sp³-hybridized carbons (Fsp3) is 0.688. The van der Waals surface area contributed by atoms with Crippen molar-refractivity contribution >= 4 is 5.91 Å². The SMILES string of the molecule is CC1CCC(C(C)C)C(NC(=O)c2ccc(=O)n(C)n2)C1. The molecule has 3 unspecified atom stereocenters. The van der Waals surface area contributed by atoms with Crippen LogP contribution in [-0.2, 0) is 7.05 Å². The van der Waals surface area contributed by atoms with Gasteiger partial charge in [-0.05, 0) is 36.7 Å². The summed E-state index contributed by atoms with van der Waals surface area (Å²) in [4.78, 5) is 23.7. The molecule has 1 aromatic heterocycles. The van der Waals surface area contributed by atoms with E-state index in [0.29, 0.717) is 23.4 Å². The van der Waals surface area contributed by atoms with E-state index in [2.05, 4.69) is 31.2 Å². The van der Waals surface area contributed by atoms with Crippen LogP contribution in [0.25, 0.3) is 0 Å². The Morgan fingerprint density at radius 2 is 2.10 bits per heavy atom. The molecule has 0 bridgehead atoms. The number of aromatic nitrogens is 2. The van der Waals surface area contributed by atoms with Gasteiger partial charge in [0, 0.05) is 19.2 Å². The molecule has 0 aliphatic heterocycles. The van der Waals surface area contributed by atoms with E-state index >= 15 is 0 Å². The standard InChI is InChI=1S/C16H25N3O2/c1-10(2)12-6-5-11(3)9-14(12)17-16(21)13-7-8-15(20)19(4)18-13/h7-8,10-12,14H,5-6,9H2,1-4H3,(H,17,21). The van der Waals surface area contributed by atoms with Gasteiger partial charge in [-0.1, -0.05) is 27.2 Å². The van der Waals surface area contributed by atoms with Crippen molar-refractivity contribution in [3.63, 3.8) is 0 Å². The van der Waals surface area contributed by atoms with Crippen LogP contribution in [0.5, 0.6) is 0 Å². The zero-order chi connectivity index (χ0) is 15.6. The Morgan fingerprint density at radius 3 is 2.71 bits per heavy atom. The fourth-order valence-electron chi connectivity index (χ4n) is 3.23. The van der Waals surface area contributed by atoms with Crippen LogP contribution in [0.2, 0.25) is 0 Å². The lowest BCUT2D eigenvalue weighted by Crippen LogP contribution is -2.46.